The number of hydrogen-bond donors (Lipinski definition) is 2. The summed E-state index contributed by atoms with van der Waals surface area (Å²) in [6.45, 7) is 0. The van der Waals surface area contributed by atoms with Gasteiger partial charge in [-0.2, -0.15) is 5.26 Å². The molecule has 0 heterocycles. The highest BCUT2D eigenvalue weighted by atomic mass is 16.1. The summed E-state index contributed by atoms with van der Waals surface area (Å²) in [7, 11) is 0. The van der Waals surface area contributed by atoms with E-state index < -0.39 is 5.91 Å². The van der Waals surface area contributed by atoms with Crippen molar-refractivity contribution in [3.05, 3.63) is 29.3 Å². The number of nitrogen functional groups attached to an aromatic ring is 1. The van der Waals surface area contributed by atoms with E-state index in [1.807, 2.05) is 6.07 Å². The van der Waals surface area contributed by atoms with Gasteiger partial charge in [0.25, 0.3) is 0 Å². The maximum atomic E-state index is 10.7. The molecule has 0 spiro atoms. The van der Waals surface area contributed by atoms with Crippen LogP contribution in [0.1, 0.15) is 15.9 Å². The first-order valence-corrected chi connectivity index (χ1v) is 3.25. The Morgan fingerprint density at radius 2 is 2.17 bits per heavy atom. The van der Waals surface area contributed by atoms with E-state index in [1.54, 1.807) is 12.1 Å². The van der Waals surface area contributed by atoms with Gasteiger partial charge in [0.05, 0.1) is 16.8 Å². The summed E-state index contributed by atoms with van der Waals surface area (Å²) in [4.78, 5) is 10.7. The van der Waals surface area contributed by atoms with Crippen LogP contribution in [-0.4, -0.2) is 5.91 Å². The molecule has 0 aromatic heterocycles. The van der Waals surface area contributed by atoms with Crippen molar-refractivity contribution >= 4 is 11.6 Å². The summed E-state index contributed by atoms with van der Waals surface area (Å²) in [6.07, 6.45) is 0. The van der Waals surface area contributed by atoms with E-state index >= 15 is 0 Å². The number of nitrogens with two attached hydrogens (primary N) is 2. The second-order valence-corrected chi connectivity index (χ2v) is 2.25. The smallest absolute Gasteiger partial charge is 0.250 e. The zero-order valence-electron chi connectivity index (χ0n) is 6.24. The molecular weight excluding hydrogens is 154 g/mol. The topological polar surface area (TPSA) is 92.9 Å². The second-order valence-electron chi connectivity index (χ2n) is 2.25. The number of hydrogen-bond acceptors (Lipinski definition) is 3. The number of rotatable bonds is 1. The molecule has 0 bridgehead atoms. The van der Waals surface area contributed by atoms with E-state index in [1.165, 1.54) is 6.07 Å². The van der Waals surface area contributed by atoms with Gasteiger partial charge in [-0.1, -0.05) is 6.07 Å². The Morgan fingerprint density at radius 1 is 1.50 bits per heavy atom. The van der Waals surface area contributed by atoms with Crippen LogP contribution in [0.5, 0.6) is 0 Å². The van der Waals surface area contributed by atoms with Crippen LogP contribution < -0.4 is 11.5 Å². The molecule has 0 aliphatic heterocycles. The molecule has 0 fully saturated rings. The van der Waals surface area contributed by atoms with Gasteiger partial charge in [-0.3, -0.25) is 4.79 Å². The first-order valence-electron chi connectivity index (χ1n) is 3.25. The first kappa shape index (κ1) is 8.08. The number of carbonyl (C=O) groups is 1. The lowest BCUT2D eigenvalue weighted by molar-refractivity contribution is 0.1000. The van der Waals surface area contributed by atoms with E-state index in [4.69, 9.17) is 16.7 Å². The molecule has 0 saturated carbocycles. The zero-order valence-corrected chi connectivity index (χ0v) is 6.24. The molecule has 1 aromatic rings. The second kappa shape index (κ2) is 2.93. The summed E-state index contributed by atoms with van der Waals surface area (Å²) in [5.74, 6) is -0.640. The van der Waals surface area contributed by atoms with Crippen molar-refractivity contribution in [3.8, 4) is 6.07 Å². The maximum Gasteiger partial charge on any atom is 0.250 e. The van der Waals surface area contributed by atoms with Gasteiger partial charge in [0.2, 0.25) is 5.91 Å². The Labute approximate surface area is 69.4 Å². The van der Waals surface area contributed by atoms with Crippen LogP contribution in [0.2, 0.25) is 0 Å². The Hall–Kier alpha value is -2.02. The van der Waals surface area contributed by atoms with Crippen LogP contribution in [-0.2, 0) is 0 Å². The van der Waals surface area contributed by atoms with E-state index in [-0.39, 0.29) is 16.8 Å². The minimum atomic E-state index is -0.640. The molecule has 4 nitrogen and oxygen atoms in total. The summed E-state index contributed by atoms with van der Waals surface area (Å²) in [6, 6.07) is 6.42. The average Bonchev–Trinajstić information content (AvgIpc) is 2.03. The van der Waals surface area contributed by atoms with Gasteiger partial charge >= 0.3 is 0 Å². The minimum Gasteiger partial charge on any atom is -0.398 e. The number of anilines is 1. The van der Waals surface area contributed by atoms with Crippen molar-refractivity contribution in [3.63, 3.8) is 0 Å². The Balaban J connectivity index is 3.40. The SMILES string of the molecule is N#Cc1c(N)cccc1C(N)=O. The molecule has 4 N–H and O–H groups in total. The van der Waals surface area contributed by atoms with Crippen molar-refractivity contribution in [2.45, 2.75) is 0 Å². The molecule has 0 unspecified atom stereocenters. The maximum absolute atomic E-state index is 10.7. The molecular formula is C8H7N3O. The van der Waals surface area contributed by atoms with Crippen LogP contribution in [0.4, 0.5) is 5.69 Å². The van der Waals surface area contributed by atoms with Gasteiger partial charge in [0, 0.05) is 0 Å². The van der Waals surface area contributed by atoms with Crippen molar-refractivity contribution in [1.29, 1.82) is 5.26 Å². The minimum absolute atomic E-state index is 0.144. The molecule has 0 aliphatic carbocycles. The van der Waals surface area contributed by atoms with Crippen LogP contribution in [0.3, 0.4) is 0 Å². The lowest BCUT2D eigenvalue weighted by Gasteiger charge is -2.00. The molecule has 1 rings (SSSR count). The summed E-state index contributed by atoms with van der Waals surface area (Å²) in [5, 5.41) is 8.61. The number of nitrogens with zero attached hydrogens (tertiary/aromatic N) is 1. The Morgan fingerprint density at radius 3 is 2.58 bits per heavy atom. The highest BCUT2D eigenvalue weighted by Gasteiger charge is 2.09. The fraction of sp³-hybridized carbons (Fsp3) is 0. The highest BCUT2D eigenvalue weighted by molar-refractivity contribution is 5.96. The first-order chi connectivity index (χ1) is 5.66. The van der Waals surface area contributed by atoms with Gasteiger partial charge in [0.15, 0.2) is 0 Å². The fourth-order valence-corrected chi connectivity index (χ4v) is 0.900. The van der Waals surface area contributed by atoms with Crippen molar-refractivity contribution in [2.75, 3.05) is 5.73 Å². The molecule has 0 saturated heterocycles. The van der Waals surface area contributed by atoms with E-state index in [0.29, 0.717) is 0 Å². The molecule has 0 atom stereocenters. The lowest BCUT2D eigenvalue weighted by atomic mass is 10.1. The van der Waals surface area contributed by atoms with Crippen molar-refractivity contribution in [2.24, 2.45) is 5.73 Å². The largest absolute Gasteiger partial charge is 0.398 e. The van der Waals surface area contributed by atoms with Gasteiger partial charge in [-0.25, -0.2) is 0 Å². The molecule has 60 valence electrons. The fourth-order valence-electron chi connectivity index (χ4n) is 0.900. The third-order valence-electron chi connectivity index (χ3n) is 1.47. The average molecular weight is 161 g/mol. The predicted octanol–water partition coefficient (Wildman–Crippen LogP) is 0.239. The standard InChI is InChI=1S/C8H7N3O/c9-4-6-5(8(11)12)2-1-3-7(6)10/h1-3H,10H2,(H2,11,12). The van der Waals surface area contributed by atoms with Crippen LogP contribution in [0.15, 0.2) is 18.2 Å². The Kier molecular flexibility index (Phi) is 1.97. The number of carbonyl (C=O) groups excluding carboxylic acids is 1. The molecule has 1 amide bonds. The van der Waals surface area contributed by atoms with Crippen LogP contribution >= 0.6 is 0 Å². The van der Waals surface area contributed by atoms with Gasteiger partial charge < -0.3 is 11.5 Å². The summed E-state index contributed by atoms with van der Waals surface area (Å²) < 4.78 is 0. The number of nitriles is 1. The zero-order chi connectivity index (χ0) is 9.14. The quantitative estimate of drug-likeness (QED) is 0.577. The van der Waals surface area contributed by atoms with E-state index in [0.717, 1.165) is 0 Å². The highest BCUT2D eigenvalue weighted by Crippen LogP contribution is 2.14. The van der Waals surface area contributed by atoms with Gasteiger partial charge in [0.1, 0.15) is 6.07 Å². The molecule has 0 aliphatic rings. The predicted molar refractivity (Wildman–Crippen MR) is 44.1 cm³/mol. The molecule has 0 radical (unpaired) electrons. The van der Waals surface area contributed by atoms with E-state index in [9.17, 15) is 4.79 Å². The third kappa shape index (κ3) is 1.20. The molecule has 4 heteroatoms. The molecule has 12 heavy (non-hydrogen) atoms. The Bertz CT molecular complexity index is 365. The van der Waals surface area contributed by atoms with Gasteiger partial charge in [-0.05, 0) is 12.1 Å². The van der Waals surface area contributed by atoms with Crippen LogP contribution in [0, 0.1) is 11.3 Å². The monoisotopic (exact) mass is 161 g/mol. The normalized spacial score (nSPS) is 8.92. The summed E-state index contributed by atoms with van der Waals surface area (Å²) >= 11 is 0. The van der Waals surface area contributed by atoms with Crippen LogP contribution in [0.25, 0.3) is 0 Å². The summed E-state index contributed by atoms with van der Waals surface area (Å²) in [5.41, 5.74) is 11.0. The number of amides is 1. The van der Waals surface area contributed by atoms with E-state index in [2.05, 4.69) is 0 Å². The van der Waals surface area contributed by atoms with Crippen molar-refractivity contribution in [1.82, 2.24) is 0 Å². The lowest BCUT2D eigenvalue weighted by Crippen LogP contribution is -2.13. The number of benzene rings is 1. The van der Waals surface area contributed by atoms with Crippen molar-refractivity contribution < 1.29 is 4.79 Å². The number of primary amides is 1. The third-order valence-corrected chi connectivity index (χ3v) is 1.47. The van der Waals surface area contributed by atoms with Gasteiger partial charge in [-0.15, -0.1) is 0 Å². The molecule has 1 aromatic carbocycles.